The number of ketones is 1. The molecule has 1 aliphatic heterocycles. The summed E-state index contributed by atoms with van der Waals surface area (Å²) in [4.78, 5) is 24.9. The molecule has 2 aromatic rings. The van der Waals surface area contributed by atoms with E-state index in [4.69, 9.17) is 11.6 Å². The molecule has 2 N–H and O–H groups in total. The molecule has 0 saturated heterocycles. The van der Waals surface area contributed by atoms with Crippen LogP contribution < -0.4 is 10.6 Å². The number of para-hydroxylation sites is 1. The Morgan fingerprint density at radius 1 is 1.18 bits per heavy atom. The Hall–Kier alpha value is -3.22. The van der Waals surface area contributed by atoms with Crippen molar-refractivity contribution in [3.8, 4) is 6.07 Å². The molecule has 0 spiro atoms. The molecule has 5 nitrogen and oxygen atoms in total. The second-order valence-electron chi connectivity index (χ2n) is 7.44. The number of nitrogens with zero attached hydrogens (tertiary/aromatic N) is 1. The van der Waals surface area contributed by atoms with E-state index in [-0.39, 0.29) is 22.8 Å². The monoisotopic (exact) mass is 505 g/mol. The molecule has 10 heteroatoms. The number of benzene rings is 2. The minimum absolute atomic E-state index is 0.219. The largest absolute Gasteiger partial charge is 0.418 e. The number of Topliss-reactive ketones (excluding diaryl/α,β-unsaturated/α-hetero) is 1. The van der Waals surface area contributed by atoms with Gasteiger partial charge in [0.15, 0.2) is 5.78 Å². The molecule has 176 valence electrons. The number of nitrogens with one attached hydrogen (secondary N) is 2. The first-order chi connectivity index (χ1) is 16.0. The van der Waals surface area contributed by atoms with Crippen LogP contribution in [-0.4, -0.2) is 17.4 Å². The van der Waals surface area contributed by atoms with Crippen LogP contribution in [0.5, 0.6) is 0 Å². The molecular weight excluding hydrogens is 487 g/mol. The number of nitriles is 1. The smallest absolute Gasteiger partial charge is 0.353 e. The molecule has 0 aromatic heterocycles. The topological polar surface area (TPSA) is 82.0 Å². The molecule has 1 aliphatic rings. The number of allylic oxidation sites excluding steroid dienone is 3. The number of carbonyl (C=O) groups is 2. The van der Waals surface area contributed by atoms with Gasteiger partial charge in [0.1, 0.15) is 0 Å². The minimum Gasteiger partial charge on any atom is -0.353 e. The van der Waals surface area contributed by atoms with Crippen molar-refractivity contribution in [3.63, 3.8) is 0 Å². The SMILES string of the molecule is CC(=O)C1=C(C)NC(SCC(=O)Nc2ccccc2C(F)(F)F)=C(C#N)C1c1ccc(Cl)cc1. The van der Waals surface area contributed by atoms with Crippen molar-refractivity contribution < 1.29 is 22.8 Å². The Morgan fingerprint density at radius 3 is 2.41 bits per heavy atom. The fourth-order valence-electron chi connectivity index (χ4n) is 3.65. The molecular formula is C24H19ClF3N3O2S. The van der Waals surface area contributed by atoms with Crippen molar-refractivity contribution in [1.29, 1.82) is 5.26 Å². The van der Waals surface area contributed by atoms with Crippen LogP contribution in [0.3, 0.4) is 0 Å². The maximum absolute atomic E-state index is 13.2. The predicted molar refractivity (Wildman–Crippen MR) is 126 cm³/mol. The highest BCUT2D eigenvalue weighted by Crippen LogP contribution is 2.41. The first kappa shape index (κ1) is 25.4. The van der Waals surface area contributed by atoms with Gasteiger partial charge in [-0.25, -0.2) is 0 Å². The van der Waals surface area contributed by atoms with Gasteiger partial charge in [0.2, 0.25) is 5.91 Å². The van der Waals surface area contributed by atoms with Crippen LogP contribution in [0.2, 0.25) is 5.02 Å². The zero-order chi connectivity index (χ0) is 25.0. The van der Waals surface area contributed by atoms with Crippen molar-refractivity contribution >= 4 is 40.7 Å². The highest BCUT2D eigenvalue weighted by atomic mass is 35.5. The Balaban J connectivity index is 1.87. The molecule has 0 fully saturated rings. The van der Waals surface area contributed by atoms with E-state index < -0.39 is 23.6 Å². The summed E-state index contributed by atoms with van der Waals surface area (Å²) < 4.78 is 39.6. The van der Waals surface area contributed by atoms with E-state index in [1.165, 1.54) is 25.1 Å². The van der Waals surface area contributed by atoms with Gasteiger partial charge in [0, 0.05) is 16.3 Å². The van der Waals surface area contributed by atoms with Gasteiger partial charge < -0.3 is 10.6 Å². The first-order valence-corrected chi connectivity index (χ1v) is 11.4. The van der Waals surface area contributed by atoms with E-state index in [9.17, 15) is 28.0 Å². The second kappa shape index (κ2) is 10.4. The molecule has 34 heavy (non-hydrogen) atoms. The molecule has 0 aliphatic carbocycles. The lowest BCUT2D eigenvalue weighted by atomic mass is 9.81. The minimum atomic E-state index is -4.62. The molecule has 2 aromatic carbocycles. The van der Waals surface area contributed by atoms with Crippen LogP contribution in [0.4, 0.5) is 18.9 Å². The number of alkyl halides is 3. The number of carbonyl (C=O) groups excluding carboxylic acids is 2. The fraction of sp³-hybridized carbons (Fsp3) is 0.208. The highest BCUT2D eigenvalue weighted by molar-refractivity contribution is 8.03. The molecule has 1 atom stereocenters. The van der Waals surface area contributed by atoms with Gasteiger partial charge in [0.05, 0.1) is 39.6 Å². The van der Waals surface area contributed by atoms with Crippen molar-refractivity contribution in [2.45, 2.75) is 25.9 Å². The lowest BCUT2D eigenvalue weighted by Gasteiger charge is -2.29. The van der Waals surface area contributed by atoms with Gasteiger partial charge in [-0.05, 0) is 43.7 Å². The van der Waals surface area contributed by atoms with Crippen molar-refractivity contribution in [3.05, 3.63) is 86.6 Å². The van der Waals surface area contributed by atoms with Gasteiger partial charge >= 0.3 is 6.18 Å². The van der Waals surface area contributed by atoms with Gasteiger partial charge in [-0.3, -0.25) is 9.59 Å². The number of hydrogen-bond acceptors (Lipinski definition) is 5. The number of dihydropyridines is 1. The molecule has 1 heterocycles. The second-order valence-corrected chi connectivity index (χ2v) is 8.86. The normalized spacial score (nSPS) is 16.1. The third-order valence-corrected chi connectivity index (χ3v) is 6.35. The van der Waals surface area contributed by atoms with E-state index in [0.29, 0.717) is 26.9 Å². The Labute approximate surface area is 203 Å². The molecule has 1 unspecified atom stereocenters. The highest BCUT2D eigenvalue weighted by Gasteiger charge is 2.35. The van der Waals surface area contributed by atoms with Crippen molar-refractivity contribution in [1.82, 2.24) is 5.32 Å². The standard InChI is InChI=1S/C24H19ClF3N3O2S/c1-13-21(14(2)32)22(15-7-9-16(25)10-8-15)17(11-29)23(30-13)34-12-20(33)31-19-6-4-3-5-18(19)24(26,27)28/h3-10,22,30H,12H2,1-2H3,(H,31,33). The quantitative estimate of drug-likeness (QED) is 0.502. The Morgan fingerprint density at radius 2 is 1.82 bits per heavy atom. The zero-order valence-corrected chi connectivity index (χ0v) is 19.7. The molecule has 0 bridgehead atoms. The first-order valence-electron chi connectivity index (χ1n) is 10.00. The van der Waals surface area contributed by atoms with Crippen molar-refractivity contribution in [2.75, 3.05) is 11.1 Å². The van der Waals surface area contributed by atoms with E-state index in [1.54, 1.807) is 31.2 Å². The predicted octanol–water partition coefficient (Wildman–Crippen LogP) is 6.02. The van der Waals surface area contributed by atoms with Gasteiger partial charge in [-0.1, -0.05) is 47.6 Å². The number of hydrogen-bond donors (Lipinski definition) is 2. The average molecular weight is 506 g/mol. The molecule has 0 radical (unpaired) electrons. The zero-order valence-electron chi connectivity index (χ0n) is 18.1. The lowest BCUT2D eigenvalue weighted by molar-refractivity contribution is -0.137. The van der Waals surface area contributed by atoms with Crippen LogP contribution >= 0.6 is 23.4 Å². The summed E-state index contributed by atoms with van der Waals surface area (Å²) in [6.45, 7) is 3.09. The van der Waals surface area contributed by atoms with Gasteiger partial charge in [0.25, 0.3) is 0 Å². The van der Waals surface area contributed by atoms with Crippen LogP contribution in [0, 0.1) is 11.3 Å². The van der Waals surface area contributed by atoms with Crippen molar-refractivity contribution in [2.24, 2.45) is 0 Å². The third kappa shape index (κ3) is 5.64. The molecule has 0 saturated carbocycles. The average Bonchev–Trinajstić information content (AvgIpc) is 2.77. The molecule has 1 amide bonds. The number of thioether (sulfide) groups is 1. The van der Waals surface area contributed by atoms with E-state index >= 15 is 0 Å². The van der Waals surface area contributed by atoms with E-state index in [2.05, 4.69) is 16.7 Å². The maximum atomic E-state index is 13.2. The fourth-order valence-corrected chi connectivity index (χ4v) is 4.66. The summed E-state index contributed by atoms with van der Waals surface area (Å²) in [5.41, 5.74) is 0.540. The summed E-state index contributed by atoms with van der Waals surface area (Å²) >= 11 is 6.95. The van der Waals surface area contributed by atoms with Crippen LogP contribution in [0.1, 0.15) is 30.9 Å². The summed E-state index contributed by atoms with van der Waals surface area (Å²) in [7, 11) is 0. The van der Waals surface area contributed by atoms with Crippen LogP contribution in [-0.2, 0) is 15.8 Å². The number of amides is 1. The maximum Gasteiger partial charge on any atom is 0.418 e. The van der Waals surface area contributed by atoms with Gasteiger partial charge in [-0.2, -0.15) is 18.4 Å². The summed E-state index contributed by atoms with van der Waals surface area (Å²) in [5.74, 6) is -1.81. The van der Waals surface area contributed by atoms with Gasteiger partial charge in [-0.15, -0.1) is 0 Å². The Kier molecular flexibility index (Phi) is 7.75. The number of rotatable bonds is 6. The van der Waals surface area contributed by atoms with Crippen LogP contribution in [0.15, 0.2) is 70.4 Å². The third-order valence-electron chi connectivity index (χ3n) is 5.08. The number of anilines is 1. The lowest BCUT2D eigenvalue weighted by Crippen LogP contribution is -2.28. The summed E-state index contributed by atoms with van der Waals surface area (Å²) in [6, 6.07) is 13.6. The number of halogens is 4. The Bertz CT molecular complexity index is 1230. The van der Waals surface area contributed by atoms with E-state index in [0.717, 1.165) is 17.8 Å². The molecule has 3 rings (SSSR count). The van der Waals surface area contributed by atoms with E-state index in [1.807, 2.05) is 0 Å². The summed E-state index contributed by atoms with van der Waals surface area (Å²) in [5, 5.41) is 16.1. The van der Waals surface area contributed by atoms with Crippen LogP contribution in [0.25, 0.3) is 0 Å². The summed E-state index contributed by atoms with van der Waals surface area (Å²) in [6.07, 6.45) is -4.62.